The summed E-state index contributed by atoms with van der Waals surface area (Å²) in [6.45, 7) is 5.41. The van der Waals surface area contributed by atoms with Gasteiger partial charge in [0, 0.05) is 21.0 Å². The first-order valence-electron chi connectivity index (χ1n) is 4.89. The van der Waals surface area contributed by atoms with E-state index in [1.165, 1.54) is 6.92 Å². The second-order valence-corrected chi connectivity index (χ2v) is 3.92. The summed E-state index contributed by atoms with van der Waals surface area (Å²) in [5.41, 5.74) is 3.15. The molecule has 3 nitrogen and oxygen atoms in total. The summed E-state index contributed by atoms with van der Waals surface area (Å²) >= 11 is 0. The molecule has 0 radical (unpaired) electrons. The van der Waals surface area contributed by atoms with E-state index in [1.807, 2.05) is 38.9 Å². The van der Waals surface area contributed by atoms with Gasteiger partial charge in [0.05, 0.1) is 5.69 Å². The van der Waals surface area contributed by atoms with Crippen molar-refractivity contribution in [2.45, 2.75) is 20.8 Å². The normalized spacial score (nSPS) is 9.93. The number of esters is 1. The van der Waals surface area contributed by atoms with Crippen molar-refractivity contribution in [3.63, 3.8) is 0 Å². The average molecular weight is 207 g/mol. The van der Waals surface area contributed by atoms with Crippen molar-refractivity contribution >= 4 is 11.7 Å². The third kappa shape index (κ3) is 2.72. The molecule has 0 unspecified atom stereocenters. The van der Waals surface area contributed by atoms with Gasteiger partial charge in [0.2, 0.25) is 0 Å². The van der Waals surface area contributed by atoms with Crippen LogP contribution < -0.4 is 9.64 Å². The van der Waals surface area contributed by atoms with Crippen molar-refractivity contribution in [1.82, 2.24) is 0 Å². The molecule has 0 atom stereocenters. The summed E-state index contributed by atoms with van der Waals surface area (Å²) in [5, 5.41) is 0. The van der Waals surface area contributed by atoms with Crippen molar-refractivity contribution in [3.05, 3.63) is 23.3 Å². The molecule has 0 heterocycles. The van der Waals surface area contributed by atoms with Gasteiger partial charge in [-0.1, -0.05) is 6.07 Å². The molecule has 0 aliphatic rings. The predicted molar refractivity (Wildman–Crippen MR) is 61.6 cm³/mol. The number of hydrogen-bond donors (Lipinski definition) is 0. The molecule has 3 heteroatoms. The monoisotopic (exact) mass is 207 g/mol. The Kier molecular flexibility index (Phi) is 3.35. The molecule has 0 bridgehead atoms. The quantitative estimate of drug-likeness (QED) is 0.550. The minimum absolute atomic E-state index is 0.289. The van der Waals surface area contributed by atoms with E-state index in [0.29, 0.717) is 5.75 Å². The second kappa shape index (κ2) is 4.34. The zero-order chi connectivity index (χ0) is 11.6. The lowest BCUT2D eigenvalue weighted by Crippen LogP contribution is -2.14. The van der Waals surface area contributed by atoms with Crippen LogP contribution in [-0.4, -0.2) is 20.1 Å². The van der Waals surface area contributed by atoms with Crippen molar-refractivity contribution in [2.24, 2.45) is 0 Å². The van der Waals surface area contributed by atoms with Gasteiger partial charge in [-0.25, -0.2) is 0 Å². The molecule has 0 aliphatic heterocycles. The highest BCUT2D eigenvalue weighted by Crippen LogP contribution is 2.32. The van der Waals surface area contributed by atoms with E-state index < -0.39 is 0 Å². The highest BCUT2D eigenvalue weighted by atomic mass is 16.5. The van der Waals surface area contributed by atoms with Gasteiger partial charge in [-0.05, 0) is 31.0 Å². The maximum Gasteiger partial charge on any atom is 0.308 e. The molecule has 1 aromatic carbocycles. The molecule has 0 spiro atoms. The summed E-state index contributed by atoms with van der Waals surface area (Å²) in [5.74, 6) is 0.341. The molecule has 15 heavy (non-hydrogen) atoms. The molecule has 0 saturated carbocycles. The van der Waals surface area contributed by atoms with E-state index in [9.17, 15) is 4.79 Å². The molecule has 1 aromatic rings. The van der Waals surface area contributed by atoms with E-state index >= 15 is 0 Å². The molecule has 0 amide bonds. The number of benzene rings is 1. The summed E-state index contributed by atoms with van der Waals surface area (Å²) in [6, 6.07) is 3.95. The smallest absolute Gasteiger partial charge is 0.308 e. The lowest BCUT2D eigenvalue weighted by molar-refractivity contribution is -0.131. The van der Waals surface area contributed by atoms with E-state index in [2.05, 4.69) is 6.07 Å². The average Bonchev–Trinajstić information content (AvgIpc) is 1.99. The number of ether oxygens (including phenoxy) is 1. The minimum atomic E-state index is -0.289. The lowest BCUT2D eigenvalue weighted by Gasteiger charge is -2.19. The van der Waals surface area contributed by atoms with Gasteiger partial charge < -0.3 is 9.64 Å². The Bertz CT molecular complexity index is 383. The second-order valence-electron chi connectivity index (χ2n) is 3.92. The Labute approximate surface area is 90.7 Å². The van der Waals surface area contributed by atoms with Gasteiger partial charge in [-0.3, -0.25) is 4.79 Å². The molecule has 1 rings (SSSR count). The van der Waals surface area contributed by atoms with Crippen LogP contribution >= 0.6 is 0 Å². The van der Waals surface area contributed by atoms with Crippen LogP contribution in [0.1, 0.15) is 18.1 Å². The summed E-state index contributed by atoms with van der Waals surface area (Å²) in [7, 11) is 3.87. The third-order valence-corrected chi connectivity index (χ3v) is 2.11. The lowest BCUT2D eigenvalue weighted by atomic mass is 10.1. The fourth-order valence-electron chi connectivity index (χ4n) is 1.73. The molecule has 0 aromatic heterocycles. The van der Waals surface area contributed by atoms with Crippen LogP contribution in [-0.2, 0) is 4.79 Å². The van der Waals surface area contributed by atoms with E-state index in [0.717, 1.165) is 16.8 Å². The van der Waals surface area contributed by atoms with Gasteiger partial charge in [0.15, 0.2) is 5.75 Å². The Hall–Kier alpha value is -1.51. The summed E-state index contributed by atoms with van der Waals surface area (Å²) in [4.78, 5) is 12.9. The highest BCUT2D eigenvalue weighted by Gasteiger charge is 2.11. The minimum Gasteiger partial charge on any atom is -0.424 e. The zero-order valence-electron chi connectivity index (χ0n) is 9.92. The number of carbonyl (C=O) groups excluding carboxylic acids is 1. The molecule has 0 aliphatic carbocycles. The SMILES string of the molecule is CC(=O)Oc1cc(C)cc(C)c1N(C)C. The molecule has 0 saturated heterocycles. The Morgan fingerprint density at radius 3 is 2.33 bits per heavy atom. The number of nitrogens with zero attached hydrogens (tertiary/aromatic N) is 1. The van der Waals surface area contributed by atoms with Crippen LogP contribution in [0, 0.1) is 13.8 Å². The van der Waals surface area contributed by atoms with Crippen molar-refractivity contribution < 1.29 is 9.53 Å². The Balaban J connectivity index is 3.26. The molecule has 82 valence electrons. The van der Waals surface area contributed by atoms with Crippen LogP contribution in [0.15, 0.2) is 12.1 Å². The third-order valence-electron chi connectivity index (χ3n) is 2.11. The number of rotatable bonds is 2. The van der Waals surface area contributed by atoms with Crippen LogP contribution in [0.3, 0.4) is 0 Å². The number of hydrogen-bond acceptors (Lipinski definition) is 3. The first-order chi connectivity index (χ1) is 6.91. The number of aryl methyl sites for hydroxylation is 2. The van der Waals surface area contributed by atoms with Crippen LogP contribution in [0.5, 0.6) is 5.75 Å². The van der Waals surface area contributed by atoms with Gasteiger partial charge in [-0.2, -0.15) is 0 Å². The standard InChI is InChI=1S/C12H17NO2/c1-8-6-9(2)12(13(4)5)11(7-8)15-10(3)14/h6-7H,1-5H3. The fourth-order valence-corrected chi connectivity index (χ4v) is 1.73. The topological polar surface area (TPSA) is 29.5 Å². The van der Waals surface area contributed by atoms with Crippen molar-refractivity contribution in [3.8, 4) is 5.75 Å². The van der Waals surface area contributed by atoms with Gasteiger partial charge >= 0.3 is 5.97 Å². The Morgan fingerprint density at radius 2 is 1.87 bits per heavy atom. The first kappa shape index (κ1) is 11.6. The number of anilines is 1. The molecule has 0 N–H and O–H groups in total. The maximum atomic E-state index is 11.0. The van der Waals surface area contributed by atoms with Crippen LogP contribution in [0.4, 0.5) is 5.69 Å². The largest absolute Gasteiger partial charge is 0.424 e. The van der Waals surface area contributed by atoms with Gasteiger partial charge in [0.25, 0.3) is 0 Å². The fraction of sp³-hybridized carbons (Fsp3) is 0.417. The molecule has 0 fully saturated rings. The van der Waals surface area contributed by atoms with E-state index in [1.54, 1.807) is 0 Å². The van der Waals surface area contributed by atoms with Crippen LogP contribution in [0.2, 0.25) is 0 Å². The Morgan fingerprint density at radius 1 is 1.27 bits per heavy atom. The van der Waals surface area contributed by atoms with E-state index in [-0.39, 0.29) is 5.97 Å². The molecular weight excluding hydrogens is 190 g/mol. The van der Waals surface area contributed by atoms with Gasteiger partial charge in [0.1, 0.15) is 0 Å². The van der Waals surface area contributed by atoms with E-state index in [4.69, 9.17) is 4.74 Å². The number of carbonyl (C=O) groups is 1. The highest BCUT2D eigenvalue weighted by molar-refractivity contribution is 5.74. The maximum absolute atomic E-state index is 11.0. The van der Waals surface area contributed by atoms with Crippen LogP contribution in [0.25, 0.3) is 0 Å². The summed E-state index contributed by atoms with van der Waals surface area (Å²) < 4.78 is 5.19. The van der Waals surface area contributed by atoms with Gasteiger partial charge in [-0.15, -0.1) is 0 Å². The predicted octanol–water partition coefficient (Wildman–Crippen LogP) is 2.29. The van der Waals surface area contributed by atoms with Crippen molar-refractivity contribution in [1.29, 1.82) is 0 Å². The molecular formula is C12H17NO2. The zero-order valence-corrected chi connectivity index (χ0v) is 9.92. The first-order valence-corrected chi connectivity index (χ1v) is 4.89. The summed E-state index contributed by atoms with van der Waals surface area (Å²) in [6.07, 6.45) is 0. The van der Waals surface area contributed by atoms with Crippen molar-refractivity contribution in [2.75, 3.05) is 19.0 Å².